The van der Waals surface area contributed by atoms with Crippen molar-refractivity contribution in [3.8, 4) is 0 Å². The molecular weight excluding hydrogens is 352 g/mol. The summed E-state index contributed by atoms with van der Waals surface area (Å²) in [5.41, 5.74) is 3.05. The van der Waals surface area contributed by atoms with E-state index in [1.807, 2.05) is 57.2 Å². The average molecular weight is 376 g/mol. The number of amides is 2. The molecule has 0 fully saturated rings. The van der Waals surface area contributed by atoms with Crippen molar-refractivity contribution in [2.24, 2.45) is 0 Å². The first kappa shape index (κ1) is 18.2. The monoisotopic (exact) mass is 376 g/mol. The number of hydrogen-bond acceptors (Lipinski definition) is 3. The fraction of sp³-hybridized carbons (Fsp3) is 0.318. The molecule has 28 heavy (non-hydrogen) atoms. The maximum atomic E-state index is 13.5. The van der Waals surface area contributed by atoms with E-state index in [2.05, 4.69) is 11.1 Å². The van der Waals surface area contributed by atoms with Crippen LogP contribution in [0.15, 0.2) is 48.7 Å². The number of imidazole rings is 1. The second-order valence-corrected chi connectivity index (χ2v) is 7.07. The molecule has 3 aromatic rings. The third-order valence-electron chi connectivity index (χ3n) is 5.42. The Morgan fingerprint density at radius 2 is 1.82 bits per heavy atom. The third kappa shape index (κ3) is 2.76. The van der Waals surface area contributed by atoms with Crippen LogP contribution in [0.4, 0.5) is 5.69 Å². The number of nitrogens with zero attached hydrogens (tertiary/aromatic N) is 4. The van der Waals surface area contributed by atoms with Crippen LogP contribution in [0.25, 0.3) is 5.52 Å². The minimum absolute atomic E-state index is 0.0484. The summed E-state index contributed by atoms with van der Waals surface area (Å²) in [4.78, 5) is 34.5. The van der Waals surface area contributed by atoms with Gasteiger partial charge in [0.15, 0.2) is 5.69 Å². The number of anilines is 1. The smallest absolute Gasteiger partial charge is 0.290 e. The number of rotatable bonds is 4. The zero-order valence-corrected chi connectivity index (χ0v) is 16.4. The Labute approximate surface area is 164 Å². The van der Waals surface area contributed by atoms with Crippen molar-refractivity contribution < 1.29 is 9.59 Å². The summed E-state index contributed by atoms with van der Waals surface area (Å²) in [7, 11) is 0. The summed E-state index contributed by atoms with van der Waals surface area (Å²) in [6.07, 6.45) is 2.61. The molecule has 1 aliphatic heterocycles. The van der Waals surface area contributed by atoms with Gasteiger partial charge in [-0.05, 0) is 51.0 Å². The van der Waals surface area contributed by atoms with Gasteiger partial charge in [0, 0.05) is 31.0 Å². The molecule has 4 rings (SSSR count). The highest BCUT2D eigenvalue weighted by atomic mass is 16.2. The van der Waals surface area contributed by atoms with Crippen LogP contribution in [0, 0.1) is 0 Å². The van der Waals surface area contributed by atoms with Gasteiger partial charge in [-0.3, -0.25) is 14.0 Å². The molecule has 0 bridgehead atoms. The second-order valence-electron chi connectivity index (χ2n) is 7.07. The first-order valence-corrected chi connectivity index (χ1v) is 9.74. The largest absolute Gasteiger partial charge is 0.337 e. The molecular formula is C22H24N4O2. The zero-order chi connectivity index (χ0) is 19.8. The molecule has 1 aromatic carbocycles. The standard InChI is InChI=1S/C22H24N4O2/c1-4-24(5-2)22(28)20-23-19(18-12-8-9-13-25(18)20)21(27)26-15(3)14-16-10-6-7-11-17(16)26/h6-13,15H,4-5,14H2,1-3H3. The Balaban J connectivity index is 1.82. The molecule has 0 saturated heterocycles. The van der Waals surface area contributed by atoms with Gasteiger partial charge in [0.2, 0.25) is 5.82 Å². The number of pyridine rings is 1. The van der Waals surface area contributed by atoms with Gasteiger partial charge in [-0.15, -0.1) is 0 Å². The molecule has 0 aliphatic carbocycles. The lowest BCUT2D eigenvalue weighted by Crippen LogP contribution is -2.36. The lowest BCUT2D eigenvalue weighted by molar-refractivity contribution is 0.0760. The third-order valence-corrected chi connectivity index (χ3v) is 5.42. The number of carbonyl (C=O) groups is 2. The lowest BCUT2D eigenvalue weighted by Gasteiger charge is -2.21. The van der Waals surface area contributed by atoms with Crippen LogP contribution in [-0.2, 0) is 6.42 Å². The van der Waals surface area contributed by atoms with Gasteiger partial charge < -0.3 is 9.80 Å². The van der Waals surface area contributed by atoms with Crippen LogP contribution >= 0.6 is 0 Å². The summed E-state index contributed by atoms with van der Waals surface area (Å²) in [5.74, 6) is -0.0531. The SMILES string of the molecule is CCN(CC)C(=O)c1nc(C(=O)N2c3ccccc3CC2C)c2ccccn12. The van der Waals surface area contributed by atoms with Crippen LogP contribution in [0.3, 0.4) is 0 Å². The Morgan fingerprint density at radius 1 is 1.11 bits per heavy atom. The van der Waals surface area contributed by atoms with E-state index >= 15 is 0 Å². The molecule has 2 amide bonds. The fourth-order valence-corrected chi connectivity index (χ4v) is 3.99. The van der Waals surface area contributed by atoms with Gasteiger partial charge in [-0.25, -0.2) is 4.98 Å². The molecule has 2 aromatic heterocycles. The van der Waals surface area contributed by atoms with E-state index in [1.54, 1.807) is 20.4 Å². The molecule has 6 heteroatoms. The number of aromatic nitrogens is 2. The Morgan fingerprint density at radius 3 is 2.57 bits per heavy atom. The van der Waals surface area contributed by atoms with E-state index in [4.69, 9.17) is 0 Å². The number of para-hydroxylation sites is 1. The summed E-state index contributed by atoms with van der Waals surface area (Å²) in [5, 5.41) is 0. The molecule has 0 spiro atoms. The molecule has 6 nitrogen and oxygen atoms in total. The minimum atomic E-state index is -0.167. The number of benzene rings is 1. The second kappa shape index (κ2) is 7.11. The Kier molecular flexibility index (Phi) is 4.63. The average Bonchev–Trinajstić information content (AvgIpc) is 3.25. The molecule has 0 N–H and O–H groups in total. The van der Waals surface area contributed by atoms with E-state index in [-0.39, 0.29) is 23.7 Å². The maximum Gasteiger partial charge on any atom is 0.290 e. The van der Waals surface area contributed by atoms with E-state index < -0.39 is 0 Å². The highest BCUT2D eigenvalue weighted by Crippen LogP contribution is 2.33. The summed E-state index contributed by atoms with van der Waals surface area (Å²) in [6, 6.07) is 13.6. The van der Waals surface area contributed by atoms with Gasteiger partial charge in [0.25, 0.3) is 11.8 Å². The predicted molar refractivity (Wildman–Crippen MR) is 109 cm³/mol. The zero-order valence-electron chi connectivity index (χ0n) is 16.4. The highest BCUT2D eigenvalue weighted by Gasteiger charge is 2.34. The quantitative estimate of drug-likeness (QED) is 0.701. The van der Waals surface area contributed by atoms with Gasteiger partial charge in [0.05, 0.1) is 5.52 Å². The fourth-order valence-electron chi connectivity index (χ4n) is 3.99. The molecule has 1 atom stereocenters. The van der Waals surface area contributed by atoms with Crippen LogP contribution in [-0.4, -0.2) is 45.2 Å². The van der Waals surface area contributed by atoms with Crippen molar-refractivity contribution in [1.82, 2.24) is 14.3 Å². The van der Waals surface area contributed by atoms with Gasteiger partial charge in [-0.2, -0.15) is 0 Å². The molecule has 144 valence electrons. The predicted octanol–water partition coefficient (Wildman–Crippen LogP) is 3.41. The molecule has 3 heterocycles. The first-order valence-electron chi connectivity index (χ1n) is 9.74. The molecule has 1 aliphatic rings. The van der Waals surface area contributed by atoms with Crippen LogP contribution < -0.4 is 4.90 Å². The van der Waals surface area contributed by atoms with Crippen molar-refractivity contribution >= 4 is 23.0 Å². The van der Waals surface area contributed by atoms with Crippen molar-refractivity contribution in [1.29, 1.82) is 0 Å². The van der Waals surface area contributed by atoms with Crippen molar-refractivity contribution in [2.75, 3.05) is 18.0 Å². The Hall–Kier alpha value is -3.15. The van der Waals surface area contributed by atoms with Gasteiger partial charge >= 0.3 is 0 Å². The maximum absolute atomic E-state index is 13.5. The van der Waals surface area contributed by atoms with Crippen molar-refractivity contribution in [2.45, 2.75) is 33.2 Å². The molecule has 0 saturated carbocycles. The normalized spacial score (nSPS) is 15.7. The van der Waals surface area contributed by atoms with E-state index in [0.29, 0.717) is 24.3 Å². The summed E-state index contributed by atoms with van der Waals surface area (Å²) >= 11 is 0. The Bertz CT molecular complexity index is 1050. The summed E-state index contributed by atoms with van der Waals surface area (Å²) in [6.45, 7) is 7.10. The van der Waals surface area contributed by atoms with Crippen LogP contribution in [0.5, 0.6) is 0 Å². The summed E-state index contributed by atoms with van der Waals surface area (Å²) < 4.78 is 1.72. The number of fused-ring (bicyclic) bond motifs is 2. The van der Waals surface area contributed by atoms with Gasteiger partial charge in [0.1, 0.15) is 0 Å². The molecule has 0 radical (unpaired) electrons. The van der Waals surface area contributed by atoms with E-state index in [9.17, 15) is 9.59 Å². The number of carbonyl (C=O) groups excluding carboxylic acids is 2. The van der Waals surface area contributed by atoms with Crippen molar-refractivity contribution in [3.63, 3.8) is 0 Å². The van der Waals surface area contributed by atoms with E-state index in [0.717, 1.165) is 17.7 Å². The topological polar surface area (TPSA) is 57.9 Å². The first-order chi connectivity index (χ1) is 13.6. The van der Waals surface area contributed by atoms with Gasteiger partial charge in [-0.1, -0.05) is 24.3 Å². The van der Waals surface area contributed by atoms with Crippen LogP contribution in [0.2, 0.25) is 0 Å². The lowest BCUT2D eigenvalue weighted by atomic mass is 10.1. The van der Waals surface area contributed by atoms with Crippen LogP contribution in [0.1, 0.15) is 47.4 Å². The molecule has 1 unspecified atom stereocenters. The minimum Gasteiger partial charge on any atom is -0.337 e. The van der Waals surface area contributed by atoms with Crippen molar-refractivity contribution in [3.05, 3.63) is 65.7 Å². The van der Waals surface area contributed by atoms with E-state index in [1.165, 1.54) is 0 Å². The highest BCUT2D eigenvalue weighted by molar-refractivity contribution is 6.11. The number of hydrogen-bond donors (Lipinski definition) is 0.